The zero-order chi connectivity index (χ0) is 19.5. The molecule has 0 radical (unpaired) electrons. The van der Waals surface area contributed by atoms with Crippen LogP contribution in [0, 0.1) is 6.92 Å². The van der Waals surface area contributed by atoms with E-state index in [4.69, 9.17) is 4.42 Å². The van der Waals surface area contributed by atoms with E-state index in [1.54, 1.807) is 0 Å². The predicted molar refractivity (Wildman–Crippen MR) is 112 cm³/mol. The van der Waals surface area contributed by atoms with Crippen molar-refractivity contribution in [1.29, 1.82) is 0 Å². The molecule has 1 N–H and O–H groups in total. The first kappa shape index (κ1) is 18.3. The molecule has 5 nitrogen and oxygen atoms in total. The van der Waals surface area contributed by atoms with Gasteiger partial charge in [0.25, 0.3) is 5.22 Å². The summed E-state index contributed by atoms with van der Waals surface area (Å²) in [4.78, 5) is 12.5. The molecule has 0 saturated carbocycles. The molecule has 0 spiro atoms. The van der Waals surface area contributed by atoms with E-state index in [9.17, 15) is 4.79 Å². The molecule has 0 bridgehead atoms. The molecular formula is C22H19N3O2S. The number of aryl methyl sites for hydroxylation is 1. The van der Waals surface area contributed by atoms with Crippen molar-refractivity contribution in [3.8, 4) is 11.5 Å². The van der Waals surface area contributed by atoms with E-state index in [0.717, 1.165) is 27.6 Å². The van der Waals surface area contributed by atoms with E-state index in [-0.39, 0.29) is 11.2 Å². The average Bonchev–Trinajstić information content (AvgIpc) is 3.17. The van der Waals surface area contributed by atoms with Crippen LogP contribution in [-0.4, -0.2) is 21.4 Å². The summed E-state index contributed by atoms with van der Waals surface area (Å²) in [5, 5.41) is 13.3. The number of hydrogen-bond donors (Lipinski definition) is 1. The Morgan fingerprint density at radius 2 is 1.75 bits per heavy atom. The molecule has 1 atom stereocenters. The largest absolute Gasteiger partial charge is 0.411 e. The number of benzene rings is 3. The van der Waals surface area contributed by atoms with Crippen LogP contribution >= 0.6 is 11.8 Å². The van der Waals surface area contributed by atoms with Gasteiger partial charge < -0.3 is 9.73 Å². The Morgan fingerprint density at radius 1 is 1.00 bits per heavy atom. The lowest BCUT2D eigenvalue weighted by Gasteiger charge is -2.10. The number of nitrogens with one attached hydrogen (secondary N) is 1. The van der Waals surface area contributed by atoms with Crippen LogP contribution in [0.1, 0.15) is 12.5 Å². The van der Waals surface area contributed by atoms with Gasteiger partial charge in [-0.05, 0) is 48.9 Å². The number of anilines is 1. The fourth-order valence-corrected chi connectivity index (χ4v) is 3.47. The van der Waals surface area contributed by atoms with E-state index in [0.29, 0.717) is 11.1 Å². The Hall–Kier alpha value is -3.12. The van der Waals surface area contributed by atoms with Gasteiger partial charge in [0.15, 0.2) is 0 Å². The van der Waals surface area contributed by atoms with Crippen molar-refractivity contribution in [2.45, 2.75) is 24.3 Å². The molecular weight excluding hydrogens is 370 g/mol. The number of nitrogens with zero attached hydrogens (tertiary/aromatic N) is 2. The second-order valence-electron chi connectivity index (χ2n) is 6.55. The number of rotatable bonds is 5. The van der Waals surface area contributed by atoms with Crippen molar-refractivity contribution in [2.24, 2.45) is 0 Å². The normalized spacial score (nSPS) is 12.1. The minimum absolute atomic E-state index is 0.115. The second-order valence-corrected chi connectivity index (χ2v) is 7.84. The number of carbonyl (C=O) groups is 1. The van der Waals surface area contributed by atoms with Gasteiger partial charge in [-0.2, -0.15) is 0 Å². The van der Waals surface area contributed by atoms with Gasteiger partial charge in [0, 0.05) is 11.3 Å². The van der Waals surface area contributed by atoms with E-state index in [1.165, 1.54) is 11.8 Å². The number of aromatic nitrogens is 2. The van der Waals surface area contributed by atoms with Gasteiger partial charge in [-0.3, -0.25) is 4.79 Å². The summed E-state index contributed by atoms with van der Waals surface area (Å²) in [5.74, 6) is 0.333. The lowest BCUT2D eigenvalue weighted by atomic mass is 10.1. The Balaban J connectivity index is 1.42. The van der Waals surface area contributed by atoms with Crippen molar-refractivity contribution in [3.63, 3.8) is 0 Å². The van der Waals surface area contributed by atoms with Crippen LogP contribution in [0.3, 0.4) is 0 Å². The van der Waals surface area contributed by atoms with Gasteiger partial charge in [0.2, 0.25) is 11.8 Å². The zero-order valence-corrected chi connectivity index (χ0v) is 16.4. The first-order chi connectivity index (χ1) is 13.6. The van der Waals surface area contributed by atoms with Crippen LogP contribution in [0.15, 0.2) is 76.4 Å². The van der Waals surface area contributed by atoms with Gasteiger partial charge in [-0.15, -0.1) is 10.2 Å². The Bertz CT molecular complexity index is 1120. The second kappa shape index (κ2) is 7.86. The van der Waals surface area contributed by atoms with Gasteiger partial charge in [-0.1, -0.05) is 59.8 Å². The molecule has 0 aliphatic rings. The summed E-state index contributed by atoms with van der Waals surface area (Å²) in [7, 11) is 0. The predicted octanol–water partition coefficient (Wildman–Crippen LogP) is 5.32. The van der Waals surface area contributed by atoms with Crippen molar-refractivity contribution in [1.82, 2.24) is 10.2 Å². The van der Waals surface area contributed by atoms with Gasteiger partial charge >= 0.3 is 0 Å². The van der Waals surface area contributed by atoms with Crippen molar-refractivity contribution >= 4 is 34.1 Å². The molecule has 1 aromatic heterocycles. The quantitative estimate of drug-likeness (QED) is 0.468. The maximum atomic E-state index is 12.5. The van der Waals surface area contributed by atoms with Crippen LogP contribution < -0.4 is 5.32 Å². The van der Waals surface area contributed by atoms with Crippen LogP contribution in [0.5, 0.6) is 0 Å². The molecule has 0 fully saturated rings. The molecule has 1 unspecified atom stereocenters. The monoisotopic (exact) mass is 389 g/mol. The highest BCUT2D eigenvalue weighted by atomic mass is 32.2. The molecule has 140 valence electrons. The first-order valence-corrected chi connectivity index (χ1v) is 9.83. The number of amides is 1. The first-order valence-electron chi connectivity index (χ1n) is 8.95. The van der Waals surface area contributed by atoms with E-state index >= 15 is 0 Å². The van der Waals surface area contributed by atoms with Gasteiger partial charge in [0.05, 0.1) is 5.25 Å². The topological polar surface area (TPSA) is 68.0 Å². The summed E-state index contributed by atoms with van der Waals surface area (Å²) >= 11 is 1.24. The summed E-state index contributed by atoms with van der Waals surface area (Å²) in [6.45, 7) is 3.84. The molecule has 3 aromatic carbocycles. The SMILES string of the molecule is Cc1ccc(-c2nnc(SC(C)C(=O)Nc3ccc4ccccc4c3)o2)cc1. The Labute approximate surface area is 167 Å². The summed E-state index contributed by atoms with van der Waals surface area (Å²) < 4.78 is 5.70. The standard InChI is InChI=1S/C22H19N3O2S/c1-14-7-9-17(10-8-14)21-24-25-22(27-21)28-15(2)20(26)23-19-12-11-16-5-3-4-6-18(16)13-19/h3-13,15H,1-2H3,(H,23,26). The summed E-state index contributed by atoms with van der Waals surface area (Å²) in [6, 6.07) is 21.8. The van der Waals surface area contributed by atoms with Crippen molar-refractivity contribution in [2.75, 3.05) is 5.32 Å². The van der Waals surface area contributed by atoms with E-state index < -0.39 is 0 Å². The lowest BCUT2D eigenvalue weighted by Crippen LogP contribution is -2.22. The highest BCUT2D eigenvalue weighted by Crippen LogP contribution is 2.27. The fraction of sp³-hybridized carbons (Fsp3) is 0.136. The molecule has 4 rings (SSSR count). The average molecular weight is 389 g/mol. The number of carbonyl (C=O) groups excluding carboxylic acids is 1. The molecule has 0 saturated heterocycles. The van der Waals surface area contributed by atoms with E-state index in [2.05, 4.69) is 15.5 Å². The highest BCUT2D eigenvalue weighted by Gasteiger charge is 2.19. The third kappa shape index (κ3) is 4.07. The van der Waals surface area contributed by atoms with Gasteiger partial charge in [0.1, 0.15) is 0 Å². The fourth-order valence-electron chi connectivity index (χ4n) is 2.79. The molecule has 28 heavy (non-hydrogen) atoms. The van der Waals surface area contributed by atoms with Crippen molar-refractivity contribution in [3.05, 3.63) is 72.3 Å². The van der Waals surface area contributed by atoms with Crippen LogP contribution in [-0.2, 0) is 4.79 Å². The zero-order valence-electron chi connectivity index (χ0n) is 15.5. The molecule has 1 amide bonds. The molecule has 0 aliphatic carbocycles. The lowest BCUT2D eigenvalue weighted by molar-refractivity contribution is -0.115. The smallest absolute Gasteiger partial charge is 0.277 e. The third-order valence-electron chi connectivity index (χ3n) is 4.37. The van der Waals surface area contributed by atoms with E-state index in [1.807, 2.05) is 80.6 Å². The van der Waals surface area contributed by atoms with Crippen LogP contribution in [0.25, 0.3) is 22.2 Å². The molecule has 0 aliphatic heterocycles. The third-order valence-corrected chi connectivity index (χ3v) is 5.30. The summed E-state index contributed by atoms with van der Waals surface area (Å²) in [6.07, 6.45) is 0. The van der Waals surface area contributed by atoms with Crippen molar-refractivity contribution < 1.29 is 9.21 Å². The molecule has 6 heteroatoms. The molecule has 4 aromatic rings. The number of fused-ring (bicyclic) bond motifs is 1. The molecule has 1 heterocycles. The highest BCUT2D eigenvalue weighted by molar-refractivity contribution is 8.00. The minimum atomic E-state index is -0.377. The minimum Gasteiger partial charge on any atom is -0.411 e. The van der Waals surface area contributed by atoms with Gasteiger partial charge in [-0.25, -0.2) is 0 Å². The Morgan fingerprint density at radius 3 is 2.54 bits per heavy atom. The maximum Gasteiger partial charge on any atom is 0.277 e. The summed E-state index contributed by atoms with van der Waals surface area (Å²) in [5.41, 5.74) is 2.79. The number of hydrogen-bond acceptors (Lipinski definition) is 5. The van der Waals surface area contributed by atoms with Crippen LogP contribution in [0.2, 0.25) is 0 Å². The van der Waals surface area contributed by atoms with Crippen LogP contribution in [0.4, 0.5) is 5.69 Å². The number of thioether (sulfide) groups is 1. The maximum absolute atomic E-state index is 12.5. The Kier molecular flexibility index (Phi) is 5.12.